The highest BCUT2D eigenvalue weighted by Gasteiger charge is 2.04. The van der Waals surface area contributed by atoms with Crippen LogP contribution >= 0.6 is 11.3 Å². The highest BCUT2D eigenvalue weighted by molar-refractivity contribution is 7.14. The molecule has 23 heavy (non-hydrogen) atoms. The summed E-state index contributed by atoms with van der Waals surface area (Å²) in [5.41, 5.74) is 8.11. The zero-order valence-electron chi connectivity index (χ0n) is 12.9. The summed E-state index contributed by atoms with van der Waals surface area (Å²) in [6, 6.07) is 12.5. The summed E-state index contributed by atoms with van der Waals surface area (Å²) in [6.45, 7) is 4.13. The number of thiazole rings is 1. The van der Waals surface area contributed by atoms with Gasteiger partial charge in [0.1, 0.15) is 5.82 Å². The van der Waals surface area contributed by atoms with Gasteiger partial charge in [-0.15, -0.1) is 11.3 Å². The molecular weight excluding hydrogens is 309 g/mol. The van der Waals surface area contributed by atoms with E-state index >= 15 is 0 Å². The summed E-state index contributed by atoms with van der Waals surface area (Å²) in [4.78, 5) is 4.45. The Hall–Kier alpha value is -2.53. The minimum atomic E-state index is -0.250. The Balaban J connectivity index is 1.69. The predicted octanol–water partition coefficient (Wildman–Crippen LogP) is 5.01. The molecule has 3 rings (SSSR count). The van der Waals surface area contributed by atoms with Gasteiger partial charge in [0.25, 0.3) is 0 Å². The van der Waals surface area contributed by atoms with Crippen LogP contribution in [0.1, 0.15) is 16.7 Å². The molecule has 1 N–H and O–H groups in total. The molecule has 0 bridgehead atoms. The van der Waals surface area contributed by atoms with Gasteiger partial charge in [-0.3, -0.25) is 5.43 Å². The van der Waals surface area contributed by atoms with Crippen LogP contribution in [0, 0.1) is 19.7 Å². The van der Waals surface area contributed by atoms with Crippen molar-refractivity contribution in [1.82, 2.24) is 4.98 Å². The second kappa shape index (κ2) is 6.71. The number of hydrazone groups is 1. The lowest BCUT2D eigenvalue weighted by atomic mass is 10.1. The number of hydrogen-bond donors (Lipinski definition) is 1. The number of nitrogens with zero attached hydrogens (tertiary/aromatic N) is 2. The van der Waals surface area contributed by atoms with E-state index in [1.165, 1.54) is 34.6 Å². The Morgan fingerprint density at radius 3 is 2.65 bits per heavy atom. The monoisotopic (exact) mass is 325 g/mol. The van der Waals surface area contributed by atoms with Gasteiger partial charge in [-0.2, -0.15) is 5.10 Å². The van der Waals surface area contributed by atoms with Crippen molar-refractivity contribution in [2.75, 3.05) is 5.43 Å². The number of hydrogen-bond acceptors (Lipinski definition) is 4. The van der Waals surface area contributed by atoms with E-state index in [0.29, 0.717) is 5.13 Å². The first kappa shape index (κ1) is 15.4. The molecule has 0 saturated heterocycles. The van der Waals surface area contributed by atoms with E-state index in [0.717, 1.165) is 16.8 Å². The summed E-state index contributed by atoms with van der Waals surface area (Å²) in [6.07, 6.45) is 1.79. The zero-order valence-corrected chi connectivity index (χ0v) is 13.7. The third kappa shape index (κ3) is 3.81. The first-order valence-electron chi connectivity index (χ1n) is 7.19. The third-order valence-electron chi connectivity index (χ3n) is 3.43. The van der Waals surface area contributed by atoms with Crippen molar-refractivity contribution in [1.29, 1.82) is 0 Å². The Morgan fingerprint density at radius 2 is 1.91 bits per heavy atom. The molecule has 0 atom stereocenters. The van der Waals surface area contributed by atoms with Crippen molar-refractivity contribution in [3.05, 3.63) is 70.4 Å². The Bertz CT molecular complexity index is 838. The standard InChI is InChI=1S/C18H16FN3S/c1-12-3-4-15(13(2)9-12)10-20-22-18-21-17(11-23-18)14-5-7-16(19)8-6-14/h3-11H,1-2H3,(H,21,22)/b20-10-. The van der Waals surface area contributed by atoms with Gasteiger partial charge in [-0.1, -0.05) is 23.8 Å². The van der Waals surface area contributed by atoms with Gasteiger partial charge in [0, 0.05) is 10.9 Å². The molecule has 3 nitrogen and oxygen atoms in total. The maximum Gasteiger partial charge on any atom is 0.203 e. The fourth-order valence-corrected chi connectivity index (χ4v) is 2.87. The topological polar surface area (TPSA) is 37.3 Å². The number of halogens is 1. The Morgan fingerprint density at radius 1 is 1.13 bits per heavy atom. The molecule has 3 aromatic rings. The molecule has 0 amide bonds. The molecule has 0 aliphatic rings. The fourth-order valence-electron chi connectivity index (χ4n) is 2.21. The van der Waals surface area contributed by atoms with E-state index in [-0.39, 0.29) is 5.82 Å². The first-order valence-corrected chi connectivity index (χ1v) is 8.07. The summed E-state index contributed by atoms with van der Waals surface area (Å²) < 4.78 is 12.9. The minimum absolute atomic E-state index is 0.250. The maximum absolute atomic E-state index is 12.9. The van der Waals surface area contributed by atoms with E-state index < -0.39 is 0 Å². The second-order valence-corrected chi connectivity index (χ2v) is 6.13. The molecule has 5 heteroatoms. The largest absolute Gasteiger partial charge is 0.253 e. The normalized spacial score (nSPS) is 11.1. The molecule has 116 valence electrons. The Labute approximate surface area is 138 Å². The second-order valence-electron chi connectivity index (χ2n) is 5.27. The van der Waals surface area contributed by atoms with Crippen LogP contribution < -0.4 is 5.43 Å². The highest BCUT2D eigenvalue weighted by Crippen LogP contribution is 2.25. The predicted molar refractivity (Wildman–Crippen MR) is 94.6 cm³/mol. The third-order valence-corrected chi connectivity index (χ3v) is 4.18. The van der Waals surface area contributed by atoms with Crippen molar-refractivity contribution in [2.45, 2.75) is 13.8 Å². The lowest BCUT2D eigenvalue weighted by Crippen LogP contribution is -1.93. The number of aryl methyl sites for hydroxylation is 2. The van der Waals surface area contributed by atoms with Gasteiger partial charge >= 0.3 is 0 Å². The van der Waals surface area contributed by atoms with E-state index in [2.05, 4.69) is 41.5 Å². The molecule has 0 aliphatic heterocycles. The molecule has 1 heterocycles. The quantitative estimate of drug-likeness (QED) is 0.540. The summed E-state index contributed by atoms with van der Waals surface area (Å²) >= 11 is 1.46. The van der Waals surface area contributed by atoms with E-state index in [1.807, 2.05) is 11.4 Å². The van der Waals surface area contributed by atoms with Crippen LogP contribution in [0.25, 0.3) is 11.3 Å². The molecule has 1 aromatic heterocycles. The lowest BCUT2D eigenvalue weighted by Gasteiger charge is -2.01. The SMILES string of the molecule is Cc1ccc(/C=N\Nc2nc(-c3ccc(F)cc3)cs2)c(C)c1. The van der Waals surface area contributed by atoms with Crippen molar-refractivity contribution in [2.24, 2.45) is 5.10 Å². The molecular formula is C18H16FN3S. The summed E-state index contributed by atoms with van der Waals surface area (Å²) in [5, 5.41) is 6.85. The van der Waals surface area contributed by atoms with Crippen molar-refractivity contribution in [3.63, 3.8) is 0 Å². The van der Waals surface area contributed by atoms with Crippen molar-refractivity contribution < 1.29 is 4.39 Å². The van der Waals surface area contributed by atoms with Crippen LogP contribution in [-0.2, 0) is 0 Å². The number of anilines is 1. The summed E-state index contributed by atoms with van der Waals surface area (Å²) in [5.74, 6) is -0.250. The number of nitrogens with one attached hydrogen (secondary N) is 1. The van der Waals surface area contributed by atoms with Gasteiger partial charge in [-0.05, 0) is 49.2 Å². The van der Waals surface area contributed by atoms with Crippen molar-refractivity contribution >= 4 is 22.7 Å². The van der Waals surface area contributed by atoms with Gasteiger partial charge in [0.2, 0.25) is 5.13 Å². The van der Waals surface area contributed by atoms with E-state index in [9.17, 15) is 4.39 Å². The number of aromatic nitrogens is 1. The smallest absolute Gasteiger partial charge is 0.203 e. The van der Waals surface area contributed by atoms with Crippen LogP contribution in [0.2, 0.25) is 0 Å². The summed E-state index contributed by atoms with van der Waals surface area (Å²) in [7, 11) is 0. The fraction of sp³-hybridized carbons (Fsp3) is 0.111. The average Bonchev–Trinajstić information content (AvgIpc) is 2.99. The highest BCUT2D eigenvalue weighted by atomic mass is 32.1. The molecule has 0 fully saturated rings. The molecule has 0 saturated carbocycles. The van der Waals surface area contributed by atoms with Crippen LogP contribution in [0.15, 0.2) is 52.9 Å². The van der Waals surface area contributed by atoms with Gasteiger partial charge in [0.05, 0.1) is 11.9 Å². The molecule has 0 unspecified atom stereocenters. The van der Waals surface area contributed by atoms with Crippen molar-refractivity contribution in [3.8, 4) is 11.3 Å². The van der Waals surface area contributed by atoms with Gasteiger partial charge < -0.3 is 0 Å². The maximum atomic E-state index is 12.9. The molecule has 0 spiro atoms. The van der Waals surface area contributed by atoms with Crippen LogP contribution in [0.5, 0.6) is 0 Å². The van der Waals surface area contributed by atoms with Crippen LogP contribution in [-0.4, -0.2) is 11.2 Å². The zero-order chi connectivity index (χ0) is 16.2. The molecule has 0 radical (unpaired) electrons. The average molecular weight is 325 g/mol. The molecule has 2 aromatic carbocycles. The number of benzene rings is 2. The lowest BCUT2D eigenvalue weighted by molar-refractivity contribution is 0.628. The molecule has 0 aliphatic carbocycles. The van der Waals surface area contributed by atoms with Gasteiger partial charge in [-0.25, -0.2) is 9.37 Å². The first-order chi connectivity index (χ1) is 11.1. The van der Waals surface area contributed by atoms with E-state index in [1.54, 1.807) is 18.3 Å². The minimum Gasteiger partial charge on any atom is -0.253 e. The Kier molecular flexibility index (Phi) is 4.48. The van der Waals surface area contributed by atoms with Gasteiger partial charge in [0.15, 0.2) is 0 Å². The van der Waals surface area contributed by atoms with Crippen LogP contribution in [0.3, 0.4) is 0 Å². The van der Waals surface area contributed by atoms with Crippen LogP contribution in [0.4, 0.5) is 9.52 Å². The van der Waals surface area contributed by atoms with E-state index in [4.69, 9.17) is 0 Å². The number of rotatable bonds is 4.